The van der Waals surface area contributed by atoms with Gasteiger partial charge >= 0.3 is 0 Å². The lowest BCUT2D eigenvalue weighted by Gasteiger charge is -2.36. The molecule has 5 nitrogen and oxygen atoms in total. The fourth-order valence-electron chi connectivity index (χ4n) is 5.07. The van der Waals surface area contributed by atoms with Crippen molar-refractivity contribution in [3.63, 3.8) is 0 Å². The number of amides is 1. The zero-order valence-corrected chi connectivity index (χ0v) is 18.8. The third-order valence-corrected chi connectivity index (χ3v) is 6.75. The van der Waals surface area contributed by atoms with Gasteiger partial charge in [-0.05, 0) is 56.3 Å². The largest absolute Gasteiger partial charge is 0.497 e. The number of ether oxygens (including phenoxy) is 2. The van der Waals surface area contributed by atoms with Gasteiger partial charge in [0.15, 0.2) is 0 Å². The molecule has 2 aromatic rings. The molecule has 2 heterocycles. The molecule has 2 aliphatic heterocycles. The molecule has 0 aliphatic carbocycles. The number of carbonyl (C=O) groups is 1. The first-order valence-corrected chi connectivity index (χ1v) is 11.5. The molecule has 166 valence electrons. The maximum absolute atomic E-state index is 13.6. The van der Waals surface area contributed by atoms with Crippen LogP contribution in [-0.4, -0.2) is 56.1 Å². The van der Waals surface area contributed by atoms with E-state index in [1.165, 1.54) is 5.56 Å². The van der Waals surface area contributed by atoms with Gasteiger partial charge in [-0.2, -0.15) is 0 Å². The highest BCUT2D eigenvalue weighted by atomic mass is 16.5. The molecule has 2 saturated heterocycles. The summed E-state index contributed by atoms with van der Waals surface area (Å²) in [5, 5.41) is 0. The van der Waals surface area contributed by atoms with E-state index in [4.69, 9.17) is 9.47 Å². The van der Waals surface area contributed by atoms with Crippen LogP contribution in [0, 0.1) is 5.92 Å². The lowest BCUT2D eigenvalue weighted by Crippen LogP contribution is -2.45. The van der Waals surface area contributed by atoms with Crippen LogP contribution < -0.4 is 9.47 Å². The van der Waals surface area contributed by atoms with Crippen molar-refractivity contribution >= 4 is 5.91 Å². The number of benzene rings is 2. The molecular formula is C26H34N2O3. The summed E-state index contributed by atoms with van der Waals surface area (Å²) in [6, 6.07) is 16.6. The van der Waals surface area contributed by atoms with E-state index in [2.05, 4.69) is 46.2 Å². The quantitative estimate of drug-likeness (QED) is 0.666. The standard InChI is InChI=1S/C26H34N2O3/c1-30-22-12-13-23(25(18-22)31-2)24-11-7-16-28(24)26(29)21-10-6-15-27(19-21)17-14-20-8-4-3-5-9-20/h3-5,8-9,12-13,18,21,24H,6-7,10-11,14-17,19H2,1-2H3/t21-,24+/m0/s1. The van der Waals surface area contributed by atoms with Gasteiger partial charge in [0.1, 0.15) is 11.5 Å². The first kappa shape index (κ1) is 21.7. The molecule has 31 heavy (non-hydrogen) atoms. The number of nitrogens with zero attached hydrogens (tertiary/aromatic N) is 2. The van der Waals surface area contributed by atoms with Crippen molar-refractivity contribution in [3.8, 4) is 11.5 Å². The maximum Gasteiger partial charge on any atom is 0.227 e. The SMILES string of the molecule is COc1ccc([C@H]2CCCN2C(=O)[C@H]2CCCN(CCc3ccccc3)C2)c(OC)c1. The fourth-order valence-corrected chi connectivity index (χ4v) is 5.07. The second kappa shape index (κ2) is 10.2. The molecule has 2 aromatic carbocycles. The topological polar surface area (TPSA) is 42.0 Å². The molecule has 4 rings (SSSR count). The van der Waals surface area contributed by atoms with Gasteiger partial charge in [-0.1, -0.05) is 30.3 Å². The third kappa shape index (κ3) is 5.04. The molecule has 2 atom stereocenters. The van der Waals surface area contributed by atoms with Crippen LogP contribution >= 0.6 is 0 Å². The number of methoxy groups -OCH3 is 2. The Morgan fingerprint density at radius 2 is 1.81 bits per heavy atom. The number of hydrogen-bond donors (Lipinski definition) is 0. The van der Waals surface area contributed by atoms with Crippen LogP contribution in [0.3, 0.4) is 0 Å². The van der Waals surface area contributed by atoms with Crippen molar-refractivity contribution in [3.05, 3.63) is 59.7 Å². The Bertz CT molecular complexity index is 870. The first-order valence-electron chi connectivity index (χ1n) is 11.5. The zero-order chi connectivity index (χ0) is 21.6. The summed E-state index contributed by atoms with van der Waals surface area (Å²) in [6.45, 7) is 3.81. The van der Waals surface area contributed by atoms with E-state index in [0.29, 0.717) is 5.91 Å². The Balaban J connectivity index is 1.42. The predicted octanol–water partition coefficient (Wildman–Crippen LogP) is 4.32. The highest BCUT2D eigenvalue weighted by Gasteiger charge is 2.36. The Morgan fingerprint density at radius 3 is 2.58 bits per heavy atom. The first-order chi connectivity index (χ1) is 15.2. The van der Waals surface area contributed by atoms with E-state index in [-0.39, 0.29) is 12.0 Å². The summed E-state index contributed by atoms with van der Waals surface area (Å²) >= 11 is 0. The van der Waals surface area contributed by atoms with E-state index >= 15 is 0 Å². The fraction of sp³-hybridized carbons (Fsp3) is 0.500. The minimum atomic E-state index is 0.0908. The highest BCUT2D eigenvalue weighted by molar-refractivity contribution is 5.80. The Kier molecular flexibility index (Phi) is 7.13. The monoisotopic (exact) mass is 422 g/mol. The van der Waals surface area contributed by atoms with Crippen molar-refractivity contribution in [2.45, 2.75) is 38.1 Å². The van der Waals surface area contributed by atoms with Gasteiger partial charge in [-0.15, -0.1) is 0 Å². The Morgan fingerprint density at radius 1 is 1.00 bits per heavy atom. The maximum atomic E-state index is 13.6. The van der Waals surface area contributed by atoms with Crippen molar-refractivity contribution in [2.24, 2.45) is 5.92 Å². The molecule has 0 N–H and O–H groups in total. The van der Waals surface area contributed by atoms with Crippen LogP contribution in [0.5, 0.6) is 11.5 Å². The molecule has 1 amide bonds. The van der Waals surface area contributed by atoms with Crippen molar-refractivity contribution in [1.82, 2.24) is 9.80 Å². The normalized spacial score (nSPS) is 21.8. The van der Waals surface area contributed by atoms with Crippen LogP contribution in [0.2, 0.25) is 0 Å². The average Bonchev–Trinajstić information content (AvgIpc) is 3.32. The summed E-state index contributed by atoms with van der Waals surface area (Å²) in [5.74, 6) is 1.98. The molecule has 0 unspecified atom stereocenters. The zero-order valence-electron chi connectivity index (χ0n) is 18.8. The van der Waals surface area contributed by atoms with Gasteiger partial charge in [-0.25, -0.2) is 0 Å². The molecule has 0 aromatic heterocycles. The molecular weight excluding hydrogens is 388 g/mol. The smallest absolute Gasteiger partial charge is 0.227 e. The molecule has 0 radical (unpaired) electrons. The summed E-state index contributed by atoms with van der Waals surface area (Å²) in [5.41, 5.74) is 2.45. The second-order valence-corrected chi connectivity index (χ2v) is 8.67. The van der Waals surface area contributed by atoms with Crippen molar-refractivity contribution in [1.29, 1.82) is 0 Å². The third-order valence-electron chi connectivity index (χ3n) is 6.75. The van der Waals surface area contributed by atoms with Crippen LogP contribution in [0.4, 0.5) is 0 Å². The Hall–Kier alpha value is -2.53. The van der Waals surface area contributed by atoms with Crippen LogP contribution in [0.1, 0.15) is 42.9 Å². The molecule has 2 fully saturated rings. The predicted molar refractivity (Wildman–Crippen MR) is 123 cm³/mol. The van der Waals surface area contributed by atoms with Gasteiger partial charge in [0.2, 0.25) is 5.91 Å². The summed E-state index contributed by atoms with van der Waals surface area (Å²) in [6.07, 6.45) is 5.14. The second-order valence-electron chi connectivity index (χ2n) is 8.67. The average molecular weight is 423 g/mol. The van der Waals surface area contributed by atoms with Gasteiger partial charge in [0.05, 0.1) is 26.2 Å². The van der Waals surface area contributed by atoms with E-state index in [9.17, 15) is 4.79 Å². The molecule has 5 heteroatoms. The Labute approximate surface area is 185 Å². The van der Waals surface area contributed by atoms with Gasteiger partial charge in [0.25, 0.3) is 0 Å². The minimum Gasteiger partial charge on any atom is -0.497 e. The van der Waals surface area contributed by atoms with Crippen LogP contribution in [0.15, 0.2) is 48.5 Å². The number of carbonyl (C=O) groups excluding carboxylic acids is 1. The number of likely N-dealkylation sites (tertiary alicyclic amines) is 2. The van der Waals surface area contributed by atoms with Gasteiger partial charge in [0, 0.05) is 31.3 Å². The van der Waals surface area contributed by atoms with Crippen molar-refractivity contribution < 1.29 is 14.3 Å². The molecule has 2 aliphatic rings. The lowest BCUT2D eigenvalue weighted by molar-refractivity contribution is -0.138. The molecule has 0 saturated carbocycles. The summed E-state index contributed by atoms with van der Waals surface area (Å²) < 4.78 is 11.0. The van der Waals surface area contributed by atoms with E-state index < -0.39 is 0 Å². The highest BCUT2D eigenvalue weighted by Crippen LogP contribution is 2.40. The summed E-state index contributed by atoms with van der Waals surface area (Å²) in [7, 11) is 3.34. The van der Waals surface area contributed by atoms with E-state index in [0.717, 1.165) is 75.3 Å². The minimum absolute atomic E-state index is 0.0908. The van der Waals surface area contributed by atoms with Crippen molar-refractivity contribution in [2.75, 3.05) is 40.4 Å². The molecule has 0 spiro atoms. The number of rotatable bonds is 7. The summed E-state index contributed by atoms with van der Waals surface area (Å²) in [4.78, 5) is 18.1. The van der Waals surface area contributed by atoms with Crippen LogP contribution in [0.25, 0.3) is 0 Å². The van der Waals surface area contributed by atoms with Gasteiger partial charge in [-0.3, -0.25) is 4.79 Å². The molecule has 0 bridgehead atoms. The number of piperidine rings is 1. The van der Waals surface area contributed by atoms with E-state index in [1.807, 2.05) is 12.1 Å². The number of hydrogen-bond acceptors (Lipinski definition) is 4. The van der Waals surface area contributed by atoms with Crippen LogP contribution in [-0.2, 0) is 11.2 Å². The van der Waals surface area contributed by atoms with Gasteiger partial charge < -0.3 is 19.3 Å². The lowest BCUT2D eigenvalue weighted by atomic mass is 9.94. The van der Waals surface area contributed by atoms with E-state index in [1.54, 1.807) is 14.2 Å².